The molecule has 0 fully saturated rings. The van der Waals surface area contributed by atoms with Crippen LogP contribution in [0.15, 0.2) is 16.1 Å². The van der Waals surface area contributed by atoms with Gasteiger partial charge in [-0.05, 0) is 36.3 Å². The van der Waals surface area contributed by atoms with E-state index in [1.807, 2.05) is 6.07 Å². The van der Waals surface area contributed by atoms with Gasteiger partial charge in [0.1, 0.15) is 0 Å². The molecule has 0 radical (unpaired) electrons. The number of aliphatic imine (C=N–C) groups is 2. The molecule has 1 rings (SSSR count). The Balaban J connectivity index is 3.70. The van der Waals surface area contributed by atoms with Gasteiger partial charge in [0, 0.05) is 5.56 Å². The molecule has 4 heteroatoms. The first-order valence-corrected chi connectivity index (χ1v) is 7.92. The quantitative estimate of drug-likeness (QED) is 0.515. The van der Waals surface area contributed by atoms with Crippen LogP contribution in [0.4, 0.5) is 11.4 Å². The Bertz CT molecular complexity index is 608. The van der Waals surface area contributed by atoms with Gasteiger partial charge < -0.3 is 0 Å². The van der Waals surface area contributed by atoms with Crippen LogP contribution >= 0.6 is 0 Å². The van der Waals surface area contributed by atoms with Crippen molar-refractivity contribution in [3.63, 3.8) is 0 Å². The van der Waals surface area contributed by atoms with Gasteiger partial charge in [0.2, 0.25) is 12.2 Å². The second-order valence-corrected chi connectivity index (χ2v) is 5.87. The zero-order valence-electron chi connectivity index (χ0n) is 13.9. The van der Waals surface area contributed by atoms with E-state index in [1.165, 1.54) is 0 Å². The highest BCUT2D eigenvalue weighted by Crippen LogP contribution is 2.38. The number of isocyanates is 2. The van der Waals surface area contributed by atoms with Gasteiger partial charge in [0.05, 0.1) is 11.4 Å². The van der Waals surface area contributed by atoms with Crippen LogP contribution in [0.25, 0.3) is 0 Å². The normalized spacial score (nSPS) is 10.2. The second-order valence-electron chi connectivity index (χ2n) is 5.87. The molecule has 0 N–H and O–H groups in total. The molecular weight excluding hydrogens is 276 g/mol. The minimum atomic E-state index is 0.449. The Morgan fingerprint density at radius 2 is 1.50 bits per heavy atom. The van der Waals surface area contributed by atoms with Gasteiger partial charge in [-0.2, -0.15) is 9.98 Å². The molecule has 0 unspecified atom stereocenters. The van der Waals surface area contributed by atoms with E-state index in [9.17, 15) is 9.59 Å². The monoisotopic (exact) mass is 300 g/mol. The third-order valence-electron chi connectivity index (χ3n) is 3.49. The fraction of sp³-hybridized carbons (Fsp3) is 0.556. The molecule has 1 aromatic rings. The van der Waals surface area contributed by atoms with Gasteiger partial charge in [-0.25, -0.2) is 9.59 Å². The van der Waals surface area contributed by atoms with Crippen molar-refractivity contribution in [2.45, 2.75) is 59.8 Å². The summed E-state index contributed by atoms with van der Waals surface area (Å²) in [6, 6.07) is 2.04. The molecule has 0 aliphatic carbocycles. The van der Waals surface area contributed by atoms with Crippen molar-refractivity contribution in [1.82, 2.24) is 0 Å². The first kappa shape index (κ1) is 18.0. The second kappa shape index (κ2) is 9.09. The predicted octanol–water partition coefficient (Wildman–Crippen LogP) is 4.72. The summed E-state index contributed by atoms with van der Waals surface area (Å²) in [6.07, 6.45) is 7.55. The van der Waals surface area contributed by atoms with E-state index in [-0.39, 0.29) is 0 Å². The van der Waals surface area contributed by atoms with Crippen molar-refractivity contribution in [2.75, 3.05) is 0 Å². The molecule has 0 amide bonds. The molecule has 0 heterocycles. The fourth-order valence-corrected chi connectivity index (χ4v) is 2.76. The predicted molar refractivity (Wildman–Crippen MR) is 88.5 cm³/mol. The molecule has 0 aliphatic rings. The summed E-state index contributed by atoms with van der Waals surface area (Å²) in [5.41, 5.74) is 4.22. The third-order valence-corrected chi connectivity index (χ3v) is 3.49. The van der Waals surface area contributed by atoms with Crippen molar-refractivity contribution in [3.05, 3.63) is 22.8 Å². The lowest BCUT2D eigenvalue weighted by atomic mass is 9.91. The zero-order chi connectivity index (χ0) is 16.5. The van der Waals surface area contributed by atoms with Gasteiger partial charge in [0.15, 0.2) is 0 Å². The van der Waals surface area contributed by atoms with E-state index in [4.69, 9.17) is 0 Å². The minimum absolute atomic E-state index is 0.449. The smallest absolute Gasteiger partial charge is 0.211 e. The number of benzene rings is 1. The van der Waals surface area contributed by atoms with Crippen LogP contribution in [0.1, 0.15) is 57.2 Å². The van der Waals surface area contributed by atoms with Crippen molar-refractivity contribution < 1.29 is 9.59 Å². The summed E-state index contributed by atoms with van der Waals surface area (Å²) in [6.45, 7) is 8.40. The Hall–Kier alpha value is -2.02. The van der Waals surface area contributed by atoms with Crippen LogP contribution in [0.5, 0.6) is 0 Å². The van der Waals surface area contributed by atoms with E-state index in [0.717, 1.165) is 48.8 Å². The summed E-state index contributed by atoms with van der Waals surface area (Å²) in [7, 11) is 0. The molecule has 118 valence electrons. The fourth-order valence-electron chi connectivity index (χ4n) is 2.76. The lowest BCUT2D eigenvalue weighted by molar-refractivity contribution is 0.564. The van der Waals surface area contributed by atoms with Crippen LogP contribution < -0.4 is 0 Å². The van der Waals surface area contributed by atoms with Crippen LogP contribution in [-0.4, -0.2) is 12.2 Å². The van der Waals surface area contributed by atoms with Crippen LogP contribution in [-0.2, 0) is 28.9 Å². The topological polar surface area (TPSA) is 58.9 Å². The van der Waals surface area contributed by atoms with Gasteiger partial charge in [-0.15, -0.1) is 0 Å². The maximum absolute atomic E-state index is 10.8. The highest BCUT2D eigenvalue weighted by Gasteiger charge is 2.18. The summed E-state index contributed by atoms with van der Waals surface area (Å²) in [5, 5.41) is 0. The standard InChI is InChI=1S/C18H24N2O2/c1-5-7-14-10-15(9-13(3)4)18(20-12-22)16(8-6-2)17(14)19-11-21/h10,13H,5-9H2,1-4H3. The maximum atomic E-state index is 10.8. The highest BCUT2D eigenvalue weighted by molar-refractivity contribution is 5.72. The van der Waals surface area contributed by atoms with Crippen molar-refractivity contribution >= 4 is 23.5 Å². The molecule has 0 aromatic heterocycles. The Morgan fingerprint density at radius 3 is 1.95 bits per heavy atom. The van der Waals surface area contributed by atoms with Gasteiger partial charge in [-0.1, -0.05) is 46.6 Å². The third kappa shape index (κ3) is 4.49. The zero-order valence-corrected chi connectivity index (χ0v) is 13.9. The minimum Gasteiger partial charge on any atom is -0.211 e. The maximum Gasteiger partial charge on any atom is 0.240 e. The summed E-state index contributed by atoms with van der Waals surface area (Å²) in [4.78, 5) is 29.5. The largest absolute Gasteiger partial charge is 0.240 e. The molecule has 0 saturated carbocycles. The van der Waals surface area contributed by atoms with E-state index in [1.54, 1.807) is 12.2 Å². The first-order valence-electron chi connectivity index (χ1n) is 7.92. The molecule has 1 aromatic carbocycles. The van der Waals surface area contributed by atoms with Gasteiger partial charge in [0.25, 0.3) is 0 Å². The van der Waals surface area contributed by atoms with Crippen molar-refractivity contribution in [2.24, 2.45) is 15.9 Å². The number of rotatable bonds is 8. The Morgan fingerprint density at radius 1 is 0.955 bits per heavy atom. The number of hydrogen-bond acceptors (Lipinski definition) is 4. The highest BCUT2D eigenvalue weighted by atomic mass is 16.1. The lowest BCUT2D eigenvalue weighted by Crippen LogP contribution is -2.01. The molecule has 0 saturated heterocycles. The Labute approximate surface area is 132 Å². The average Bonchev–Trinajstić information content (AvgIpc) is 2.46. The Kier molecular flexibility index (Phi) is 7.45. The molecule has 4 nitrogen and oxygen atoms in total. The lowest BCUT2D eigenvalue weighted by Gasteiger charge is -2.17. The van der Waals surface area contributed by atoms with Crippen LogP contribution in [0.2, 0.25) is 0 Å². The van der Waals surface area contributed by atoms with E-state index >= 15 is 0 Å². The molecule has 22 heavy (non-hydrogen) atoms. The summed E-state index contributed by atoms with van der Waals surface area (Å²) >= 11 is 0. The number of hydrogen-bond donors (Lipinski definition) is 0. The molecular formula is C18H24N2O2. The summed E-state index contributed by atoms with van der Waals surface area (Å²) in [5.74, 6) is 0.449. The average molecular weight is 300 g/mol. The van der Waals surface area contributed by atoms with E-state index in [0.29, 0.717) is 17.3 Å². The number of nitrogens with zero attached hydrogens (tertiary/aromatic N) is 2. The van der Waals surface area contributed by atoms with E-state index in [2.05, 4.69) is 37.7 Å². The molecule has 0 spiro atoms. The molecule has 0 aliphatic heterocycles. The molecule has 0 bridgehead atoms. The van der Waals surface area contributed by atoms with Gasteiger partial charge in [-0.3, -0.25) is 0 Å². The SMILES string of the molecule is CCCc1cc(CC(C)C)c(N=C=O)c(CCC)c1N=C=O. The van der Waals surface area contributed by atoms with Crippen molar-refractivity contribution in [1.29, 1.82) is 0 Å². The van der Waals surface area contributed by atoms with E-state index < -0.39 is 0 Å². The number of carbonyl (C=O) groups excluding carboxylic acids is 2. The van der Waals surface area contributed by atoms with Gasteiger partial charge >= 0.3 is 0 Å². The first-order chi connectivity index (χ1) is 10.6. The number of aryl methyl sites for hydroxylation is 1. The molecule has 0 atom stereocenters. The summed E-state index contributed by atoms with van der Waals surface area (Å²) < 4.78 is 0. The van der Waals surface area contributed by atoms with Crippen molar-refractivity contribution in [3.8, 4) is 0 Å². The van der Waals surface area contributed by atoms with Crippen LogP contribution in [0, 0.1) is 5.92 Å². The van der Waals surface area contributed by atoms with Crippen LogP contribution in [0.3, 0.4) is 0 Å².